The average Bonchev–Trinajstić information content (AvgIpc) is 3.13. The van der Waals surface area contributed by atoms with E-state index in [0.717, 1.165) is 58.5 Å². The van der Waals surface area contributed by atoms with Gasteiger partial charge in [0.25, 0.3) is 0 Å². The lowest BCUT2D eigenvalue weighted by molar-refractivity contribution is 0.0132. The Labute approximate surface area is 189 Å². The molecule has 0 radical (unpaired) electrons. The van der Waals surface area contributed by atoms with E-state index in [2.05, 4.69) is 39.3 Å². The molecule has 2 N–H and O–H groups in total. The lowest BCUT2D eigenvalue weighted by atomic mass is 10.0. The molecule has 2 unspecified atom stereocenters. The van der Waals surface area contributed by atoms with Crippen molar-refractivity contribution in [2.75, 3.05) is 73.2 Å². The molecule has 0 aromatic rings. The van der Waals surface area contributed by atoms with Gasteiger partial charge in [0.15, 0.2) is 5.96 Å². The molecule has 2 heterocycles. The van der Waals surface area contributed by atoms with Crippen LogP contribution in [0.25, 0.3) is 0 Å². The van der Waals surface area contributed by atoms with Crippen molar-refractivity contribution in [1.29, 1.82) is 0 Å². The van der Waals surface area contributed by atoms with Gasteiger partial charge < -0.3 is 20.1 Å². The zero-order valence-electron chi connectivity index (χ0n) is 18.3. The highest BCUT2D eigenvalue weighted by Gasteiger charge is 2.25. The summed E-state index contributed by atoms with van der Waals surface area (Å²) in [6.45, 7) is 13.2. The summed E-state index contributed by atoms with van der Waals surface area (Å²) >= 11 is 0. The number of halogens is 1. The predicted octanol–water partition coefficient (Wildman–Crippen LogP) is 1.63. The molecular weight excluding hydrogens is 469 g/mol. The molecule has 0 bridgehead atoms. The molecule has 8 heteroatoms. The first-order chi connectivity index (χ1) is 13.1. The Morgan fingerprint density at radius 2 is 1.96 bits per heavy atom. The first kappa shape index (κ1) is 25.9. The van der Waals surface area contributed by atoms with E-state index in [1.807, 2.05) is 7.05 Å². The van der Waals surface area contributed by atoms with Crippen LogP contribution in [-0.4, -0.2) is 101 Å². The Hall–Kier alpha value is -0.160. The van der Waals surface area contributed by atoms with Crippen LogP contribution >= 0.6 is 24.0 Å². The van der Waals surface area contributed by atoms with Gasteiger partial charge in [0.1, 0.15) is 0 Å². The van der Waals surface area contributed by atoms with E-state index in [9.17, 15) is 0 Å². The first-order valence-corrected chi connectivity index (χ1v) is 10.6. The van der Waals surface area contributed by atoms with Crippen molar-refractivity contribution in [1.82, 2.24) is 20.4 Å². The summed E-state index contributed by atoms with van der Waals surface area (Å²) in [5.41, 5.74) is 0. The van der Waals surface area contributed by atoms with Crippen molar-refractivity contribution in [2.45, 2.75) is 45.2 Å². The van der Waals surface area contributed by atoms with Crippen LogP contribution in [0.5, 0.6) is 0 Å². The number of hydrogen-bond acceptors (Lipinski definition) is 5. The molecule has 2 rings (SSSR count). The summed E-state index contributed by atoms with van der Waals surface area (Å²) in [7, 11) is 3.63. The number of rotatable bonds is 10. The quantitative estimate of drug-likeness (QED) is 0.264. The van der Waals surface area contributed by atoms with Gasteiger partial charge in [-0.1, -0.05) is 13.8 Å². The van der Waals surface area contributed by atoms with Crippen LogP contribution in [0.1, 0.15) is 33.1 Å². The van der Waals surface area contributed by atoms with E-state index in [4.69, 9.17) is 9.47 Å². The molecule has 0 amide bonds. The van der Waals surface area contributed by atoms with Crippen LogP contribution in [0.2, 0.25) is 0 Å². The zero-order valence-corrected chi connectivity index (χ0v) is 20.6. The highest BCUT2D eigenvalue weighted by molar-refractivity contribution is 14.0. The Morgan fingerprint density at radius 1 is 1.21 bits per heavy atom. The largest absolute Gasteiger partial charge is 0.383 e. The van der Waals surface area contributed by atoms with Gasteiger partial charge in [0.2, 0.25) is 0 Å². The smallest absolute Gasteiger partial charge is 0.191 e. The number of morpholine rings is 1. The van der Waals surface area contributed by atoms with Crippen LogP contribution in [0.4, 0.5) is 0 Å². The topological polar surface area (TPSA) is 61.4 Å². The first-order valence-electron chi connectivity index (χ1n) is 10.6. The monoisotopic (exact) mass is 511 g/mol. The number of guanidine groups is 1. The molecule has 2 saturated heterocycles. The second kappa shape index (κ2) is 14.8. The average molecular weight is 511 g/mol. The number of likely N-dealkylation sites (tertiary alicyclic amines) is 1. The summed E-state index contributed by atoms with van der Waals surface area (Å²) in [6, 6.07) is 1.10. The van der Waals surface area contributed by atoms with Crippen molar-refractivity contribution >= 4 is 29.9 Å². The highest BCUT2D eigenvalue weighted by Crippen LogP contribution is 2.16. The van der Waals surface area contributed by atoms with Crippen LogP contribution < -0.4 is 10.6 Å². The van der Waals surface area contributed by atoms with E-state index >= 15 is 0 Å². The number of ether oxygens (including phenoxy) is 2. The molecule has 2 atom stereocenters. The second-order valence-electron chi connectivity index (χ2n) is 8.09. The van der Waals surface area contributed by atoms with Gasteiger partial charge in [-0.25, -0.2) is 0 Å². The number of aliphatic imine (C=N–C) groups is 1. The lowest BCUT2D eigenvalue weighted by Gasteiger charge is -2.36. The molecular formula is C20H42IN5O2. The van der Waals surface area contributed by atoms with Crippen LogP contribution in [0.3, 0.4) is 0 Å². The maximum Gasteiger partial charge on any atom is 0.191 e. The van der Waals surface area contributed by atoms with E-state index in [-0.39, 0.29) is 24.0 Å². The standard InChI is InChI=1S/C20H41N5O2.HI/c1-17(2)14-19(25-9-12-27-13-10-25)16-23-20(21-3)22-15-18-6-5-7-24(18)8-11-26-4;/h17-19H,5-16H2,1-4H3,(H2,21,22,23);1H. The van der Waals surface area contributed by atoms with E-state index in [0.29, 0.717) is 18.0 Å². The fraction of sp³-hybridized carbons (Fsp3) is 0.950. The summed E-state index contributed by atoms with van der Waals surface area (Å²) in [4.78, 5) is 9.53. The third-order valence-corrected chi connectivity index (χ3v) is 5.62. The Kier molecular flexibility index (Phi) is 13.6. The maximum absolute atomic E-state index is 5.52. The predicted molar refractivity (Wildman–Crippen MR) is 127 cm³/mol. The molecule has 2 aliphatic heterocycles. The summed E-state index contributed by atoms with van der Waals surface area (Å²) in [5, 5.41) is 7.11. The maximum atomic E-state index is 5.52. The molecule has 0 aliphatic carbocycles. The highest BCUT2D eigenvalue weighted by atomic mass is 127. The number of methoxy groups -OCH3 is 1. The zero-order chi connectivity index (χ0) is 19.5. The van der Waals surface area contributed by atoms with Gasteiger partial charge in [-0.2, -0.15) is 0 Å². The minimum absolute atomic E-state index is 0. The molecule has 7 nitrogen and oxygen atoms in total. The van der Waals surface area contributed by atoms with Gasteiger partial charge in [0, 0.05) is 59.0 Å². The van der Waals surface area contributed by atoms with Crippen LogP contribution in [0.15, 0.2) is 4.99 Å². The molecule has 0 saturated carbocycles. The van der Waals surface area contributed by atoms with Crippen molar-refractivity contribution < 1.29 is 9.47 Å². The molecule has 28 heavy (non-hydrogen) atoms. The fourth-order valence-corrected chi connectivity index (χ4v) is 4.13. The Morgan fingerprint density at radius 3 is 2.61 bits per heavy atom. The number of nitrogens with one attached hydrogen (secondary N) is 2. The second-order valence-corrected chi connectivity index (χ2v) is 8.09. The third-order valence-electron chi connectivity index (χ3n) is 5.62. The van der Waals surface area contributed by atoms with Gasteiger partial charge in [-0.05, 0) is 31.7 Å². The van der Waals surface area contributed by atoms with Gasteiger partial charge >= 0.3 is 0 Å². The molecule has 0 spiro atoms. The minimum atomic E-state index is 0. The van der Waals surface area contributed by atoms with Gasteiger partial charge in [0.05, 0.1) is 19.8 Å². The molecule has 166 valence electrons. The number of hydrogen-bond donors (Lipinski definition) is 2. The SMILES string of the molecule is CN=C(NCC1CCCN1CCOC)NCC(CC(C)C)N1CCOCC1.I. The molecule has 0 aromatic carbocycles. The van der Waals surface area contributed by atoms with Crippen LogP contribution in [-0.2, 0) is 9.47 Å². The van der Waals surface area contributed by atoms with Crippen molar-refractivity contribution in [2.24, 2.45) is 10.9 Å². The summed E-state index contributed by atoms with van der Waals surface area (Å²) in [6.07, 6.45) is 3.71. The normalized spacial score (nSPS) is 22.9. The van der Waals surface area contributed by atoms with E-state index in [1.165, 1.54) is 25.8 Å². The molecule has 2 fully saturated rings. The third kappa shape index (κ3) is 9.11. The van der Waals surface area contributed by atoms with Crippen molar-refractivity contribution in [3.8, 4) is 0 Å². The molecule has 2 aliphatic rings. The van der Waals surface area contributed by atoms with Gasteiger partial charge in [-0.15, -0.1) is 24.0 Å². The van der Waals surface area contributed by atoms with E-state index in [1.54, 1.807) is 7.11 Å². The summed E-state index contributed by atoms with van der Waals surface area (Å²) in [5.74, 6) is 1.60. The molecule has 0 aromatic heterocycles. The number of nitrogens with zero attached hydrogens (tertiary/aromatic N) is 3. The lowest BCUT2D eigenvalue weighted by Crippen LogP contribution is -2.52. The van der Waals surface area contributed by atoms with E-state index < -0.39 is 0 Å². The minimum Gasteiger partial charge on any atom is -0.383 e. The Balaban J connectivity index is 0.00000392. The van der Waals surface area contributed by atoms with Crippen LogP contribution in [0, 0.1) is 5.92 Å². The fourth-order valence-electron chi connectivity index (χ4n) is 4.13. The van der Waals surface area contributed by atoms with Crippen molar-refractivity contribution in [3.05, 3.63) is 0 Å². The summed E-state index contributed by atoms with van der Waals surface area (Å²) < 4.78 is 10.8. The Bertz CT molecular complexity index is 433. The van der Waals surface area contributed by atoms with Gasteiger partial charge in [-0.3, -0.25) is 14.8 Å². The van der Waals surface area contributed by atoms with Crippen molar-refractivity contribution in [3.63, 3.8) is 0 Å².